The van der Waals surface area contributed by atoms with Gasteiger partial charge in [-0.15, -0.1) is 11.3 Å². The molecule has 0 fully saturated rings. The average Bonchev–Trinajstić information content (AvgIpc) is 3.17. The lowest BCUT2D eigenvalue weighted by Gasteiger charge is -2.11. The largest absolute Gasteiger partial charge is 0.416 e. The second-order valence-corrected chi connectivity index (χ2v) is 6.16. The lowest BCUT2D eigenvalue weighted by molar-refractivity contribution is -0.137. The molecule has 124 valence electrons. The summed E-state index contributed by atoms with van der Waals surface area (Å²) in [5.41, 5.74) is 0.334. The van der Waals surface area contributed by atoms with E-state index in [-0.39, 0.29) is 10.8 Å². The normalized spacial score (nSPS) is 11.3. The number of rotatable bonds is 3. The number of hydrogen-bond acceptors (Lipinski definition) is 3. The average molecular weight is 368 g/mol. The minimum atomic E-state index is -4.40. The molecule has 1 aromatic carbocycles. The molecule has 3 aromatic rings. The maximum absolute atomic E-state index is 12.7. The first-order valence-corrected chi connectivity index (χ1v) is 8.05. The number of aromatic amines is 1. The third-order valence-corrected chi connectivity index (χ3v) is 4.16. The molecule has 2 heterocycles. The molecule has 0 amide bonds. The molecule has 24 heavy (non-hydrogen) atoms. The summed E-state index contributed by atoms with van der Waals surface area (Å²) in [6, 6.07) is 10.5. The van der Waals surface area contributed by atoms with Gasteiger partial charge < -0.3 is 10.6 Å². The number of thiocarbonyl (C=S) groups is 1. The van der Waals surface area contributed by atoms with E-state index in [1.54, 1.807) is 17.4 Å². The van der Waals surface area contributed by atoms with Crippen LogP contribution in [0.5, 0.6) is 0 Å². The summed E-state index contributed by atoms with van der Waals surface area (Å²) in [4.78, 5) is 1.02. The third-order valence-electron chi connectivity index (χ3n) is 3.05. The van der Waals surface area contributed by atoms with Crippen molar-refractivity contribution >= 4 is 40.2 Å². The van der Waals surface area contributed by atoms with E-state index < -0.39 is 11.7 Å². The molecule has 0 unspecified atom stereocenters. The van der Waals surface area contributed by atoms with Crippen molar-refractivity contribution in [2.24, 2.45) is 0 Å². The van der Waals surface area contributed by atoms with Crippen LogP contribution in [0.4, 0.5) is 24.7 Å². The van der Waals surface area contributed by atoms with Gasteiger partial charge in [0.1, 0.15) is 0 Å². The number of H-pyrrole nitrogens is 1. The first kappa shape index (κ1) is 16.5. The van der Waals surface area contributed by atoms with Gasteiger partial charge in [-0.1, -0.05) is 12.1 Å². The number of nitrogens with one attached hydrogen (secondary N) is 3. The van der Waals surface area contributed by atoms with E-state index in [2.05, 4.69) is 20.8 Å². The van der Waals surface area contributed by atoms with Crippen LogP contribution >= 0.6 is 23.6 Å². The molecule has 0 aliphatic carbocycles. The highest BCUT2D eigenvalue weighted by atomic mass is 32.1. The number of nitrogens with zero attached hydrogens (tertiary/aromatic N) is 1. The second-order valence-electron chi connectivity index (χ2n) is 4.80. The van der Waals surface area contributed by atoms with Gasteiger partial charge in [0.25, 0.3) is 0 Å². The summed E-state index contributed by atoms with van der Waals surface area (Å²) in [6.45, 7) is 0. The van der Waals surface area contributed by atoms with Crippen LogP contribution in [0.25, 0.3) is 10.6 Å². The number of anilines is 2. The molecule has 0 aliphatic rings. The molecule has 0 spiro atoms. The Hall–Kier alpha value is -2.39. The summed E-state index contributed by atoms with van der Waals surface area (Å²) in [5.74, 6) is 0.475. The van der Waals surface area contributed by atoms with Crippen LogP contribution in [0.2, 0.25) is 0 Å². The van der Waals surface area contributed by atoms with Gasteiger partial charge in [-0.05, 0) is 41.9 Å². The van der Waals surface area contributed by atoms with E-state index in [4.69, 9.17) is 12.2 Å². The van der Waals surface area contributed by atoms with Crippen molar-refractivity contribution in [2.75, 3.05) is 10.6 Å². The van der Waals surface area contributed by atoms with Crippen LogP contribution in [-0.2, 0) is 6.18 Å². The first-order valence-electron chi connectivity index (χ1n) is 6.76. The van der Waals surface area contributed by atoms with E-state index in [9.17, 15) is 13.2 Å². The molecule has 0 aliphatic heterocycles. The lowest BCUT2D eigenvalue weighted by atomic mass is 10.2. The van der Waals surface area contributed by atoms with E-state index in [0.29, 0.717) is 5.82 Å². The maximum atomic E-state index is 12.7. The molecule has 9 heteroatoms. The van der Waals surface area contributed by atoms with Gasteiger partial charge in [0.15, 0.2) is 10.9 Å². The van der Waals surface area contributed by atoms with Gasteiger partial charge in [0, 0.05) is 11.8 Å². The number of aromatic nitrogens is 2. The van der Waals surface area contributed by atoms with Crippen LogP contribution in [0.1, 0.15) is 5.56 Å². The lowest BCUT2D eigenvalue weighted by Crippen LogP contribution is -2.19. The standard InChI is InChI=1S/C15H11F3N4S2/c16-15(17,18)9-3-1-4-10(7-9)19-14(23)20-13-8-11(21-22-13)12-5-2-6-24-12/h1-8H,(H3,19,20,21,22,23). The van der Waals surface area contributed by atoms with Crippen LogP contribution in [-0.4, -0.2) is 15.3 Å². The Morgan fingerprint density at radius 1 is 1.12 bits per heavy atom. The first-order chi connectivity index (χ1) is 11.4. The fourth-order valence-electron chi connectivity index (χ4n) is 2.00. The highest BCUT2D eigenvalue weighted by Crippen LogP contribution is 2.30. The number of hydrogen-bond donors (Lipinski definition) is 3. The number of benzene rings is 1. The van der Waals surface area contributed by atoms with Gasteiger partial charge in [-0.2, -0.15) is 18.3 Å². The molecule has 3 N–H and O–H groups in total. The van der Waals surface area contributed by atoms with E-state index >= 15 is 0 Å². The molecule has 0 radical (unpaired) electrons. The molecular weight excluding hydrogens is 357 g/mol. The zero-order valence-corrected chi connectivity index (χ0v) is 13.6. The molecule has 0 bridgehead atoms. The quantitative estimate of drug-likeness (QED) is 0.572. The summed E-state index contributed by atoms with van der Waals surface area (Å²) in [7, 11) is 0. The summed E-state index contributed by atoms with van der Waals surface area (Å²) in [6.07, 6.45) is -4.40. The predicted molar refractivity (Wildman–Crippen MR) is 93.2 cm³/mol. The van der Waals surface area contributed by atoms with Crippen LogP contribution < -0.4 is 10.6 Å². The Labute approximate surface area is 144 Å². The van der Waals surface area contributed by atoms with Crippen molar-refractivity contribution in [3.63, 3.8) is 0 Å². The van der Waals surface area contributed by atoms with Crippen molar-refractivity contribution in [3.05, 3.63) is 53.4 Å². The zero-order chi connectivity index (χ0) is 17.2. The zero-order valence-electron chi connectivity index (χ0n) is 12.0. The van der Waals surface area contributed by atoms with Crippen molar-refractivity contribution in [3.8, 4) is 10.6 Å². The Morgan fingerprint density at radius 2 is 1.96 bits per heavy atom. The van der Waals surface area contributed by atoms with E-state index in [1.807, 2.05) is 17.5 Å². The van der Waals surface area contributed by atoms with Crippen LogP contribution in [0.3, 0.4) is 0 Å². The van der Waals surface area contributed by atoms with Crippen molar-refractivity contribution < 1.29 is 13.2 Å². The van der Waals surface area contributed by atoms with Crippen molar-refractivity contribution in [2.45, 2.75) is 6.18 Å². The number of thiophene rings is 1. The maximum Gasteiger partial charge on any atom is 0.416 e. The highest BCUT2D eigenvalue weighted by molar-refractivity contribution is 7.80. The Bertz CT molecular complexity index is 841. The van der Waals surface area contributed by atoms with Gasteiger partial charge in [0.05, 0.1) is 16.1 Å². The second kappa shape index (κ2) is 6.62. The SMILES string of the molecule is FC(F)(F)c1cccc(NC(=S)Nc2cc(-c3cccs3)[nH]n2)c1. The fourth-order valence-corrected chi connectivity index (χ4v) is 2.91. The Balaban J connectivity index is 1.66. The van der Waals surface area contributed by atoms with Crippen LogP contribution in [0.15, 0.2) is 47.8 Å². The number of halogens is 3. The van der Waals surface area contributed by atoms with E-state index in [0.717, 1.165) is 22.7 Å². The summed E-state index contributed by atoms with van der Waals surface area (Å²) in [5, 5.41) is 14.6. The summed E-state index contributed by atoms with van der Waals surface area (Å²) >= 11 is 6.67. The minimum absolute atomic E-state index is 0.151. The third kappa shape index (κ3) is 3.92. The highest BCUT2D eigenvalue weighted by Gasteiger charge is 2.30. The molecule has 2 aromatic heterocycles. The predicted octanol–water partition coefficient (Wildman–Crippen LogP) is 4.97. The van der Waals surface area contributed by atoms with Gasteiger partial charge in [0.2, 0.25) is 0 Å². The van der Waals surface area contributed by atoms with Gasteiger partial charge >= 0.3 is 6.18 Å². The molecule has 0 saturated carbocycles. The van der Waals surface area contributed by atoms with Crippen molar-refractivity contribution in [1.82, 2.24) is 10.2 Å². The van der Waals surface area contributed by atoms with Gasteiger partial charge in [-0.25, -0.2) is 0 Å². The molecule has 3 rings (SSSR count). The molecule has 4 nitrogen and oxygen atoms in total. The molecule has 0 atom stereocenters. The van der Waals surface area contributed by atoms with Gasteiger partial charge in [-0.3, -0.25) is 5.10 Å². The topological polar surface area (TPSA) is 52.7 Å². The number of alkyl halides is 3. The van der Waals surface area contributed by atoms with Crippen molar-refractivity contribution in [1.29, 1.82) is 0 Å². The Morgan fingerprint density at radius 3 is 2.67 bits per heavy atom. The van der Waals surface area contributed by atoms with E-state index in [1.165, 1.54) is 12.1 Å². The van der Waals surface area contributed by atoms with Crippen LogP contribution in [0, 0.1) is 0 Å². The molecule has 0 saturated heterocycles. The summed E-state index contributed by atoms with van der Waals surface area (Å²) < 4.78 is 38.1. The Kier molecular flexibility index (Phi) is 4.54. The monoisotopic (exact) mass is 368 g/mol. The molecular formula is C15H11F3N4S2. The fraction of sp³-hybridized carbons (Fsp3) is 0.0667. The minimum Gasteiger partial charge on any atom is -0.332 e. The smallest absolute Gasteiger partial charge is 0.332 e.